The van der Waals surface area contributed by atoms with Crippen LogP contribution in [0, 0.1) is 11.6 Å². The van der Waals surface area contributed by atoms with Crippen LogP contribution in [0.25, 0.3) is 0 Å². The van der Waals surface area contributed by atoms with Crippen LogP contribution >= 0.6 is 56.7 Å². The fraction of sp³-hybridized carbons (Fsp3) is 0.467. The highest BCUT2D eigenvalue weighted by molar-refractivity contribution is 7.13. The number of rotatable bonds is 36. The number of thiophene rings is 5. The molecule has 1 aromatic carbocycles. The third-order valence-corrected chi connectivity index (χ3v) is 25.0. The number of halogens is 2. The molecule has 34 nitrogen and oxygen atoms in total. The Bertz CT molecular complexity index is 4760. The summed E-state index contributed by atoms with van der Waals surface area (Å²) >= 11 is 7.29. The predicted molar refractivity (Wildman–Crippen MR) is 520 cm³/mol. The maximum atomic E-state index is 13.1. The van der Waals surface area contributed by atoms with E-state index in [0.717, 1.165) is 32.8 Å². The number of benzene rings is 1. The van der Waals surface area contributed by atoms with Gasteiger partial charge in [0.1, 0.15) is 59.5 Å². The molecule has 0 saturated carbocycles. The van der Waals surface area contributed by atoms with Gasteiger partial charge in [-0.1, -0.05) is 89.3 Å². The molecule has 6 aromatic rings. The lowest BCUT2D eigenvalue weighted by molar-refractivity contribution is -0.145. The van der Waals surface area contributed by atoms with Gasteiger partial charge in [0.25, 0.3) is 11.8 Å². The van der Waals surface area contributed by atoms with Crippen molar-refractivity contribution < 1.29 is 139 Å². The fourth-order valence-corrected chi connectivity index (χ4v) is 17.8. The van der Waals surface area contributed by atoms with E-state index in [2.05, 4.69) is 36.9 Å². The van der Waals surface area contributed by atoms with Gasteiger partial charge in [-0.25, -0.2) is 8.78 Å². The van der Waals surface area contributed by atoms with Crippen LogP contribution in [0.4, 0.5) is 8.78 Å². The van der Waals surface area contributed by atoms with Crippen LogP contribution < -0.4 is 26.6 Å². The summed E-state index contributed by atoms with van der Waals surface area (Å²) in [6.45, 7) is 13.7. The van der Waals surface area contributed by atoms with Crippen molar-refractivity contribution in [3.63, 3.8) is 0 Å². The molecule has 12 rings (SSSR count). The average Bonchev–Trinajstić information content (AvgIpc) is 1.77. The second-order valence-electron chi connectivity index (χ2n) is 32.5. The van der Waals surface area contributed by atoms with Gasteiger partial charge in [0.15, 0.2) is 11.4 Å². The van der Waals surface area contributed by atoms with E-state index in [9.17, 15) is 96.5 Å². The van der Waals surface area contributed by atoms with E-state index in [-0.39, 0.29) is 145 Å². The molecule has 137 heavy (non-hydrogen) atoms. The van der Waals surface area contributed by atoms with E-state index < -0.39 is 120 Å². The molecule has 0 bridgehead atoms. The normalized spacial score (nSPS) is 21.4. The molecular weight excluding hydrogens is 1870 g/mol. The highest BCUT2D eigenvalue weighted by Gasteiger charge is 2.41. The highest BCUT2D eigenvalue weighted by atomic mass is 32.1. The number of carbonyl (C=O) groups excluding carboxylic acids is 12. The average molecular weight is 1990 g/mol. The minimum absolute atomic E-state index is 0.00275. The molecule has 11 N–H and O–H groups in total. The van der Waals surface area contributed by atoms with Gasteiger partial charge in [-0.05, 0) is 182 Å². The van der Waals surface area contributed by atoms with Crippen molar-refractivity contribution in [2.45, 2.75) is 250 Å². The van der Waals surface area contributed by atoms with Crippen molar-refractivity contribution >= 4 is 181 Å². The second kappa shape index (κ2) is 61.6. The number of nitrogens with one attached hydrogen (secondary N) is 5. The van der Waals surface area contributed by atoms with Gasteiger partial charge < -0.3 is 99.1 Å². The number of esters is 1. The zero-order valence-electron chi connectivity index (χ0n) is 77.4. The van der Waals surface area contributed by atoms with Crippen molar-refractivity contribution in [1.29, 1.82) is 0 Å². The largest absolute Gasteiger partial charge is 0.478 e. The summed E-state index contributed by atoms with van der Waals surface area (Å²) in [4.78, 5) is 154. The third kappa shape index (κ3) is 44.1. The number of ketones is 6. The van der Waals surface area contributed by atoms with Crippen molar-refractivity contribution in [2.24, 2.45) is 10.3 Å². The van der Waals surface area contributed by atoms with Gasteiger partial charge in [-0.15, -0.1) is 56.7 Å². The first kappa shape index (κ1) is 114. The topological polar surface area (TPSA) is 494 Å². The SMILES string of the molecule is CC(=O)C[C@@H]1C=CC[C@H](NC(=O)Cc2cccs2)B(O)O1.CC(=O)C[C@@H]1CC[C@H](CC(=O)Cc2cc(F)cc(F)c2)B(O)O1.CC(=O)C[C@H]1C=CC[C@H](NC(=O)Cc2cccs2)B(O)O1.CCO/N=C(/C(=O)N[C@H]1CC=C[C@H](CC(C)=O)OB1O)c1cccs1.CCO/N=C(\C(=O)N[C@H]1CC=C[C@H](CC(C)=O)OB1O)c1cccs1.CCOC(=O)C[C@@H]1CC[C@H](NC(=O)Cc2cccs2)B(O)O1. The molecule has 0 spiro atoms. The molecule has 0 aliphatic carbocycles. The van der Waals surface area contributed by atoms with E-state index in [4.69, 9.17) is 42.3 Å². The smallest absolute Gasteiger partial charge is 0.466 e. The van der Waals surface area contributed by atoms with E-state index in [1.165, 1.54) is 91.3 Å². The van der Waals surface area contributed by atoms with Crippen LogP contribution in [0.2, 0.25) is 5.82 Å². The minimum Gasteiger partial charge on any atom is -0.466 e. The lowest BCUT2D eigenvalue weighted by Crippen LogP contribution is -2.53. The van der Waals surface area contributed by atoms with Crippen LogP contribution in [0.1, 0.15) is 182 Å². The van der Waals surface area contributed by atoms with Crippen molar-refractivity contribution in [1.82, 2.24) is 26.6 Å². The Morgan fingerprint density at radius 3 is 1.05 bits per heavy atom. The lowest BCUT2D eigenvalue weighted by atomic mass is 9.64. The summed E-state index contributed by atoms with van der Waals surface area (Å²) in [6, 6.07) is 21.5. The molecule has 0 unspecified atom stereocenters. The van der Waals surface area contributed by atoms with Crippen molar-refractivity contribution in [2.75, 3.05) is 19.8 Å². The van der Waals surface area contributed by atoms with Gasteiger partial charge in [-0.2, -0.15) is 0 Å². The first-order chi connectivity index (χ1) is 65.5. The molecule has 736 valence electrons. The van der Waals surface area contributed by atoms with E-state index in [0.29, 0.717) is 100 Å². The Hall–Kier alpha value is -9.77. The van der Waals surface area contributed by atoms with Crippen molar-refractivity contribution in [3.8, 4) is 0 Å². The summed E-state index contributed by atoms with van der Waals surface area (Å²) in [5.41, 5.74) is 0.572. The number of oxime groups is 2. The molecule has 0 radical (unpaired) electrons. The summed E-state index contributed by atoms with van der Waals surface area (Å²) in [7, 11) is -6.87. The number of nitrogens with zero attached hydrogens (tertiary/aromatic N) is 2. The van der Waals surface area contributed by atoms with Crippen LogP contribution in [-0.4, -0.2) is 241 Å². The van der Waals surface area contributed by atoms with Gasteiger partial charge in [-0.3, -0.25) is 57.5 Å². The number of carbonyl (C=O) groups is 12. The van der Waals surface area contributed by atoms with Crippen LogP contribution in [-0.2, 0) is 126 Å². The highest BCUT2D eigenvalue weighted by Crippen LogP contribution is 2.32. The molecular formula is C90H117B6F2N7O27S5. The maximum Gasteiger partial charge on any atom is 0.478 e. The summed E-state index contributed by atoms with van der Waals surface area (Å²) < 4.78 is 63.5. The molecule has 5 amide bonds. The second-order valence-corrected chi connectivity index (χ2v) is 37.5. The number of amides is 5. The molecule has 47 heteroatoms. The predicted octanol–water partition coefficient (Wildman–Crippen LogP) is 8.28. The maximum absolute atomic E-state index is 13.1. The Morgan fingerprint density at radius 2 is 0.723 bits per heavy atom. The monoisotopic (exact) mass is 1990 g/mol. The van der Waals surface area contributed by atoms with Gasteiger partial charge in [0.05, 0.1) is 102 Å². The molecule has 6 aliphatic heterocycles. The number of hydrogen-bond acceptors (Lipinski definition) is 34. The van der Waals surface area contributed by atoms with Gasteiger partial charge in [0.2, 0.25) is 17.7 Å². The van der Waals surface area contributed by atoms with Crippen LogP contribution in [0.3, 0.4) is 0 Å². The summed E-state index contributed by atoms with van der Waals surface area (Å²) in [5.74, 6) is -6.50. The molecule has 6 aliphatic rings. The number of hydrogen-bond donors (Lipinski definition) is 11. The van der Waals surface area contributed by atoms with Gasteiger partial charge >= 0.3 is 48.7 Å². The van der Waals surface area contributed by atoms with Crippen LogP contribution in [0.5, 0.6) is 0 Å². The van der Waals surface area contributed by atoms with Crippen molar-refractivity contribution in [3.05, 3.63) is 196 Å². The first-order valence-electron chi connectivity index (χ1n) is 44.8. The summed E-state index contributed by atoms with van der Waals surface area (Å²) in [5, 5.41) is 91.4. The molecule has 11 heterocycles. The van der Waals surface area contributed by atoms with Gasteiger partial charge in [0, 0.05) is 77.6 Å². The van der Waals surface area contributed by atoms with E-state index >= 15 is 0 Å². The Balaban J connectivity index is 0.000000224. The Morgan fingerprint density at radius 1 is 0.387 bits per heavy atom. The standard InChI is InChI=1S/C16H19BF2O4.2C16H21BN2O5S.C14H20BNO5S.2C14H18BNO4S/c1-10(20)4-16-3-2-12(17(22)23-16)8-15(21)7-11-5-13(18)9-14(19)6-11;2*1-3-23-19-15(13-7-5-9-25-13)16(21)18-14-8-4-6-12(10-11(2)20)24-17(14)22;1-2-20-14(18)8-10-5-6-12(15(19)21-10)16-13(17)9-11-4-3-7-22-11;2*1-10(17)8-11-4-2-6-13(15(19)20-11)16-14(18)9-12-5-3-7-21-12/h5-6,9,12,16,22H,2-4,7-8H2,1H3;2*4-7,9,12,14,22H,3,8,10H2,1-2H3,(H,18,21);3-4,7,10,12,19H,2,5-6,8-9H2,1H3,(H,16,17);2*2-5,7,11,13,19H,6,8-9H2,1H3,(H,16,18)/b;19-15+;19-15-;;;/t12-,16+;2*12-,14+;10-,12-;11-,13+;11-,13-/m111010/s1. The molecule has 2 saturated heterocycles. The quantitative estimate of drug-likeness (QED) is 0.00579. The molecule has 5 aromatic heterocycles. The first-order valence-corrected chi connectivity index (χ1v) is 49.2. The van der Waals surface area contributed by atoms with Crippen LogP contribution in [0.15, 0.2) is 165 Å². The fourth-order valence-electron chi connectivity index (χ4n) is 14.3. The van der Waals surface area contributed by atoms with E-state index in [1.807, 2.05) is 87.6 Å². The number of ether oxygens (including phenoxy) is 1. The molecule has 2 fully saturated rings. The van der Waals surface area contributed by atoms with E-state index in [1.54, 1.807) is 69.4 Å². The zero-order chi connectivity index (χ0) is 99.9. The Labute approximate surface area is 816 Å². The number of Topliss-reactive ketones (excluding diaryl/α,β-unsaturated/α-hetero) is 6. The lowest BCUT2D eigenvalue weighted by Gasteiger charge is -2.31. The minimum atomic E-state index is -1.22. The Kier molecular flexibility index (Phi) is 51.4. The molecule has 12 atom stereocenters. The third-order valence-electron chi connectivity index (χ3n) is 20.6. The zero-order valence-corrected chi connectivity index (χ0v) is 81.5. The summed E-state index contributed by atoms with van der Waals surface area (Å²) in [6.07, 6.45) is 17.8.